The van der Waals surface area contributed by atoms with Crippen LogP contribution in [0, 0.1) is 0 Å². The summed E-state index contributed by atoms with van der Waals surface area (Å²) in [5, 5.41) is 12.2. The van der Waals surface area contributed by atoms with Crippen LogP contribution in [-0.4, -0.2) is 36.1 Å². The molecule has 1 aliphatic rings. The minimum absolute atomic E-state index is 0.0196. The minimum Gasteiger partial charge on any atom is -0.481 e. The number of carbonyl (C=O) groups excluding carboxylic acids is 1. The number of carboxylic acid groups (broad SMARTS) is 1. The zero-order valence-corrected chi connectivity index (χ0v) is 10.4. The molecule has 1 atom stereocenters. The van der Waals surface area contributed by atoms with Gasteiger partial charge in [0.2, 0.25) is 5.91 Å². The van der Waals surface area contributed by atoms with E-state index in [1.807, 2.05) is 0 Å². The number of hydrogen-bond donors (Lipinski definition) is 2. The summed E-state index contributed by atoms with van der Waals surface area (Å²) >= 11 is 6.05. The van der Waals surface area contributed by atoms with Crippen molar-refractivity contribution in [2.45, 2.75) is 12.5 Å². The molecule has 1 aliphatic heterocycles. The van der Waals surface area contributed by atoms with Gasteiger partial charge in [-0.3, -0.25) is 9.59 Å². The van der Waals surface area contributed by atoms with Gasteiger partial charge < -0.3 is 15.3 Å². The molecule has 2 rings (SSSR count). The van der Waals surface area contributed by atoms with Crippen LogP contribution in [0.1, 0.15) is 6.42 Å². The van der Waals surface area contributed by atoms with Crippen molar-refractivity contribution >= 4 is 29.2 Å². The van der Waals surface area contributed by atoms with Crippen molar-refractivity contribution in [2.24, 2.45) is 0 Å². The van der Waals surface area contributed by atoms with Crippen molar-refractivity contribution in [1.29, 1.82) is 0 Å². The molecule has 96 valence electrons. The van der Waals surface area contributed by atoms with Crippen LogP contribution in [-0.2, 0) is 9.59 Å². The van der Waals surface area contributed by atoms with E-state index in [1.165, 1.54) is 4.90 Å². The van der Waals surface area contributed by atoms with E-state index >= 15 is 0 Å². The van der Waals surface area contributed by atoms with Gasteiger partial charge in [-0.2, -0.15) is 0 Å². The maximum absolute atomic E-state index is 11.8. The first-order valence-electron chi connectivity index (χ1n) is 5.58. The van der Waals surface area contributed by atoms with Crippen LogP contribution < -0.4 is 10.2 Å². The summed E-state index contributed by atoms with van der Waals surface area (Å²) in [6.07, 6.45) is -0.0196. The van der Waals surface area contributed by atoms with E-state index in [9.17, 15) is 9.59 Å². The summed E-state index contributed by atoms with van der Waals surface area (Å²) in [4.78, 5) is 24.1. The molecule has 2 N–H and O–H groups in total. The Bertz CT molecular complexity index is 478. The number of aliphatic carboxylic acids is 1. The lowest BCUT2D eigenvalue weighted by atomic mass is 10.1. The molecule has 5 nitrogen and oxygen atoms in total. The number of anilines is 1. The standard InChI is InChI=1S/C12H13ClN2O3/c13-9-3-1-2-4-10(9)15-7-8(5-12(17)18)14-6-11(15)16/h1-4,8,14H,5-7H2,(H,17,18). The predicted octanol–water partition coefficient (Wildman–Crippen LogP) is 1.12. The van der Waals surface area contributed by atoms with Gasteiger partial charge in [-0.1, -0.05) is 23.7 Å². The smallest absolute Gasteiger partial charge is 0.304 e. The van der Waals surface area contributed by atoms with Crippen molar-refractivity contribution < 1.29 is 14.7 Å². The van der Waals surface area contributed by atoms with Crippen LogP contribution in [0.4, 0.5) is 5.69 Å². The third-order valence-electron chi connectivity index (χ3n) is 2.81. The lowest BCUT2D eigenvalue weighted by Gasteiger charge is -2.33. The average molecular weight is 269 g/mol. The topological polar surface area (TPSA) is 69.6 Å². The molecule has 1 unspecified atom stereocenters. The molecular weight excluding hydrogens is 256 g/mol. The number of amides is 1. The number of para-hydroxylation sites is 1. The predicted molar refractivity (Wildman–Crippen MR) is 67.8 cm³/mol. The van der Waals surface area contributed by atoms with Crippen LogP contribution in [0.25, 0.3) is 0 Å². The SMILES string of the molecule is O=C(O)CC1CN(c2ccccc2Cl)C(=O)CN1. The van der Waals surface area contributed by atoms with Gasteiger partial charge in [0.25, 0.3) is 0 Å². The first-order valence-corrected chi connectivity index (χ1v) is 5.96. The van der Waals surface area contributed by atoms with E-state index in [2.05, 4.69) is 5.32 Å². The molecule has 0 bridgehead atoms. The zero-order valence-electron chi connectivity index (χ0n) is 9.60. The normalized spacial score (nSPS) is 19.9. The number of carbonyl (C=O) groups is 2. The Balaban J connectivity index is 2.18. The monoisotopic (exact) mass is 268 g/mol. The average Bonchev–Trinajstić information content (AvgIpc) is 2.32. The number of hydrogen-bond acceptors (Lipinski definition) is 3. The van der Waals surface area contributed by atoms with Gasteiger partial charge in [-0.05, 0) is 12.1 Å². The zero-order chi connectivity index (χ0) is 13.1. The second kappa shape index (κ2) is 5.37. The highest BCUT2D eigenvalue weighted by Gasteiger charge is 2.28. The first kappa shape index (κ1) is 12.9. The lowest BCUT2D eigenvalue weighted by molar-refractivity contribution is -0.138. The number of nitrogens with zero attached hydrogens (tertiary/aromatic N) is 1. The quantitative estimate of drug-likeness (QED) is 0.862. The van der Waals surface area contributed by atoms with Crippen molar-refractivity contribution in [1.82, 2.24) is 5.32 Å². The molecule has 0 saturated carbocycles. The van der Waals surface area contributed by atoms with E-state index in [1.54, 1.807) is 24.3 Å². The van der Waals surface area contributed by atoms with E-state index in [4.69, 9.17) is 16.7 Å². The second-order valence-corrected chi connectivity index (χ2v) is 4.54. The summed E-state index contributed by atoms with van der Waals surface area (Å²) < 4.78 is 0. The fourth-order valence-corrected chi connectivity index (χ4v) is 2.20. The fraction of sp³-hybridized carbons (Fsp3) is 0.333. The number of carboxylic acids is 1. The first-order chi connectivity index (χ1) is 8.58. The molecule has 0 radical (unpaired) electrons. The molecule has 1 aromatic rings. The number of benzene rings is 1. The summed E-state index contributed by atoms with van der Waals surface area (Å²) in [5.74, 6) is -0.995. The van der Waals surface area contributed by atoms with Gasteiger partial charge in [-0.15, -0.1) is 0 Å². The van der Waals surface area contributed by atoms with E-state index < -0.39 is 5.97 Å². The summed E-state index contributed by atoms with van der Waals surface area (Å²) in [6, 6.07) is 6.79. The van der Waals surface area contributed by atoms with Gasteiger partial charge >= 0.3 is 5.97 Å². The minimum atomic E-state index is -0.888. The van der Waals surface area contributed by atoms with E-state index in [-0.39, 0.29) is 24.9 Å². The van der Waals surface area contributed by atoms with Crippen LogP contribution >= 0.6 is 11.6 Å². The Morgan fingerprint density at radius 1 is 1.50 bits per heavy atom. The molecule has 1 aromatic carbocycles. The van der Waals surface area contributed by atoms with Gasteiger partial charge in [0.05, 0.1) is 23.7 Å². The third kappa shape index (κ3) is 2.80. The Morgan fingerprint density at radius 3 is 2.89 bits per heavy atom. The van der Waals surface area contributed by atoms with Gasteiger partial charge in [0, 0.05) is 12.6 Å². The van der Waals surface area contributed by atoms with Crippen LogP contribution in [0.2, 0.25) is 5.02 Å². The van der Waals surface area contributed by atoms with Gasteiger partial charge in [0.15, 0.2) is 0 Å². The van der Waals surface area contributed by atoms with Crippen LogP contribution in [0.5, 0.6) is 0 Å². The van der Waals surface area contributed by atoms with E-state index in [0.717, 1.165) is 0 Å². The van der Waals surface area contributed by atoms with Crippen LogP contribution in [0.15, 0.2) is 24.3 Å². The van der Waals surface area contributed by atoms with Crippen molar-refractivity contribution in [2.75, 3.05) is 18.0 Å². The highest BCUT2D eigenvalue weighted by Crippen LogP contribution is 2.26. The number of rotatable bonds is 3. The molecule has 1 amide bonds. The second-order valence-electron chi connectivity index (χ2n) is 4.13. The molecule has 0 aliphatic carbocycles. The van der Waals surface area contributed by atoms with Crippen molar-refractivity contribution in [3.05, 3.63) is 29.3 Å². The highest BCUT2D eigenvalue weighted by atomic mass is 35.5. The third-order valence-corrected chi connectivity index (χ3v) is 3.13. The molecular formula is C12H13ClN2O3. The maximum atomic E-state index is 11.8. The molecule has 18 heavy (non-hydrogen) atoms. The summed E-state index contributed by atoms with van der Waals surface area (Å²) in [7, 11) is 0. The summed E-state index contributed by atoms with van der Waals surface area (Å²) in [6.45, 7) is 0.442. The van der Waals surface area contributed by atoms with Gasteiger partial charge in [0.1, 0.15) is 0 Å². The molecule has 1 heterocycles. The van der Waals surface area contributed by atoms with Crippen molar-refractivity contribution in [3.8, 4) is 0 Å². The molecule has 1 saturated heterocycles. The molecule has 6 heteroatoms. The van der Waals surface area contributed by atoms with Gasteiger partial charge in [-0.25, -0.2) is 0 Å². The Morgan fingerprint density at radius 2 is 2.22 bits per heavy atom. The molecule has 0 aromatic heterocycles. The van der Waals surface area contributed by atoms with E-state index in [0.29, 0.717) is 17.3 Å². The number of halogens is 1. The van der Waals surface area contributed by atoms with Crippen molar-refractivity contribution in [3.63, 3.8) is 0 Å². The molecule has 0 spiro atoms. The Labute approximate surface area is 109 Å². The fourth-order valence-electron chi connectivity index (χ4n) is 1.96. The number of nitrogens with one attached hydrogen (secondary N) is 1. The Hall–Kier alpha value is -1.59. The Kier molecular flexibility index (Phi) is 3.84. The number of piperazine rings is 1. The molecule has 1 fully saturated rings. The van der Waals surface area contributed by atoms with Crippen LogP contribution in [0.3, 0.4) is 0 Å². The maximum Gasteiger partial charge on any atom is 0.304 e. The largest absolute Gasteiger partial charge is 0.481 e. The highest BCUT2D eigenvalue weighted by molar-refractivity contribution is 6.33. The summed E-state index contributed by atoms with van der Waals surface area (Å²) in [5.41, 5.74) is 0.626. The lowest BCUT2D eigenvalue weighted by Crippen LogP contribution is -2.55.